The Hall–Kier alpha value is -2.95. The van der Waals surface area contributed by atoms with E-state index in [1.165, 1.54) is 6.92 Å². The molecule has 0 spiro atoms. The first-order valence-corrected chi connectivity index (χ1v) is 7.89. The van der Waals surface area contributed by atoms with E-state index < -0.39 is 0 Å². The van der Waals surface area contributed by atoms with E-state index in [9.17, 15) is 9.59 Å². The molecule has 5 heteroatoms. The van der Waals surface area contributed by atoms with Crippen LogP contribution in [-0.2, 0) is 6.42 Å². The van der Waals surface area contributed by atoms with Gasteiger partial charge >= 0.3 is 0 Å². The first-order chi connectivity index (χ1) is 11.5. The Labute approximate surface area is 140 Å². The van der Waals surface area contributed by atoms with Crippen molar-refractivity contribution in [1.82, 2.24) is 9.38 Å². The van der Waals surface area contributed by atoms with Crippen LogP contribution in [0, 0.1) is 6.92 Å². The van der Waals surface area contributed by atoms with E-state index in [0.29, 0.717) is 23.4 Å². The second-order valence-corrected chi connectivity index (χ2v) is 5.78. The quantitative estimate of drug-likeness (QED) is 0.746. The molecule has 0 unspecified atom stereocenters. The molecule has 0 saturated heterocycles. The zero-order valence-electron chi connectivity index (χ0n) is 14.0. The summed E-state index contributed by atoms with van der Waals surface area (Å²) in [6, 6.07) is 10.8. The van der Waals surface area contributed by atoms with Crippen LogP contribution in [0.4, 0.5) is 5.69 Å². The van der Waals surface area contributed by atoms with Gasteiger partial charge in [-0.15, -0.1) is 0 Å². The maximum absolute atomic E-state index is 12.8. The summed E-state index contributed by atoms with van der Waals surface area (Å²) >= 11 is 0. The summed E-state index contributed by atoms with van der Waals surface area (Å²) in [6.45, 7) is 5.47. The molecule has 0 atom stereocenters. The summed E-state index contributed by atoms with van der Waals surface area (Å²) in [5.41, 5.74) is 4.29. The summed E-state index contributed by atoms with van der Waals surface area (Å²) in [5.74, 6) is -0.269. The number of benzene rings is 1. The highest BCUT2D eigenvalue weighted by Gasteiger charge is 2.18. The number of anilines is 1. The van der Waals surface area contributed by atoms with Crippen LogP contribution >= 0.6 is 0 Å². The molecule has 2 aromatic heterocycles. The van der Waals surface area contributed by atoms with E-state index >= 15 is 0 Å². The lowest BCUT2D eigenvalue weighted by Crippen LogP contribution is -2.16. The third kappa shape index (κ3) is 2.93. The average molecular weight is 321 g/mol. The van der Waals surface area contributed by atoms with Crippen LogP contribution in [0.15, 0.2) is 42.6 Å². The van der Waals surface area contributed by atoms with E-state index in [4.69, 9.17) is 0 Å². The van der Waals surface area contributed by atoms with Gasteiger partial charge in [0.1, 0.15) is 11.3 Å². The van der Waals surface area contributed by atoms with Crippen LogP contribution in [0.1, 0.15) is 46.0 Å². The SMILES string of the molecule is CCc1nc2cc(C)ccn2c1C(=O)Nc1cccc(C(C)=O)c1. The number of nitrogens with one attached hydrogen (secondary N) is 1. The Morgan fingerprint density at radius 2 is 2.00 bits per heavy atom. The standard InChI is InChI=1S/C19H19N3O2/c1-4-16-18(22-9-8-12(2)10-17(22)21-16)19(24)20-15-7-5-6-14(11-15)13(3)23/h5-11H,4H2,1-3H3,(H,20,24). The minimum atomic E-state index is -0.232. The van der Waals surface area contributed by atoms with Crippen molar-refractivity contribution in [3.8, 4) is 0 Å². The first-order valence-electron chi connectivity index (χ1n) is 7.89. The highest BCUT2D eigenvalue weighted by molar-refractivity contribution is 6.05. The zero-order valence-corrected chi connectivity index (χ0v) is 14.0. The molecule has 24 heavy (non-hydrogen) atoms. The van der Waals surface area contributed by atoms with E-state index in [2.05, 4.69) is 10.3 Å². The van der Waals surface area contributed by atoms with E-state index in [1.54, 1.807) is 28.7 Å². The van der Waals surface area contributed by atoms with Gasteiger partial charge in [0.2, 0.25) is 0 Å². The van der Waals surface area contributed by atoms with Crippen molar-refractivity contribution < 1.29 is 9.59 Å². The van der Waals surface area contributed by atoms with Crippen LogP contribution in [-0.4, -0.2) is 21.1 Å². The normalized spacial score (nSPS) is 10.8. The number of hydrogen-bond acceptors (Lipinski definition) is 3. The molecule has 0 saturated carbocycles. The smallest absolute Gasteiger partial charge is 0.274 e. The van der Waals surface area contributed by atoms with Gasteiger partial charge in [-0.1, -0.05) is 19.1 Å². The number of rotatable bonds is 4. The number of nitrogens with zero attached hydrogens (tertiary/aromatic N) is 2. The predicted molar refractivity (Wildman–Crippen MR) is 93.7 cm³/mol. The molecule has 5 nitrogen and oxygen atoms in total. The second kappa shape index (κ2) is 6.28. The number of imidazole rings is 1. The Balaban J connectivity index is 1.99. The summed E-state index contributed by atoms with van der Waals surface area (Å²) in [4.78, 5) is 28.8. The van der Waals surface area contributed by atoms with Crippen LogP contribution in [0.2, 0.25) is 0 Å². The van der Waals surface area contributed by atoms with Crippen molar-refractivity contribution in [2.75, 3.05) is 5.32 Å². The molecule has 1 aromatic carbocycles. The highest BCUT2D eigenvalue weighted by Crippen LogP contribution is 2.18. The van der Waals surface area contributed by atoms with Crippen molar-refractivity contribution in [3.05, 3.63) is 65.1 Å². The molecule has 0 fully saturated rings. The van der Waals surface area contributed by atoms with Crippen molar-refractivity contribution in [2.24, 2.45) is 0 Å². The molecule has 3 rings (SSSR count). The van der Waals surface area contributed by atoms with Crippen molar-refractivity contribution in [2.45, 2.75) is 27.2 Å². The molecule has 0 aliphatic carbocycles. The Morgan fingerprint density at radius 3 is 2.71 bits per heavy atom. The van der Waals surface area contributed by atoms with Gasteiger partial charge in [0, 0.05) is 17.4 Å². The lowest BCUT2D eigenvalue weighted by atomic mass is 10.1. The number of amides is 1. The van der Waals surface area contributed by atoms with Gasteiger partial charge in [-0.3, -0.25) is 14.0 Å². The predicted octanol–water partition coefficient (Wildman–Crippen LogP) is 3.66. The molecule has 122 valence electrons. The Bertz CT molecular complexity index is 941. The fourth-order valence-corrected chi connectivity index (χ4v) is 2.69. The molecule has 2 heterocycles. The number of aryl methyl sites for hydroxylation is 2. The van der Waals surface area contributed by atoms with Gasteiger partial charge in [0.15, 0.2) is 5.78 Å². The molecule has 0 aliphatic heterocycles. The Morgan fingerprint density at radius 1 is 1.21 bits per heavy atom. The van der Waals surface area contributed by atoms with Crippen LogP contribution in [0.5, 0.6) is 0 Å². The lowest BCUT2D eigenvalue weighted by molar-refractivity contribution is 0.100. The van der Waals surface area contributed by atoms with E-state index in [1.807, 2.05) is 32.2 Å². The minimum Gasteiger partial charge on any atom is -0.321 e. The average Bonchev–Trinajstić information content (AvgIpc) is 2.92. The minimum absolute atomic E-state index is 0.0365. The van der Waals surface area contributed by atoms with Gasteiger partial charge in [-0.2, -0.15) is 0 Å². The monoisotopic (exact) mass is 321 g/mol. The molecular formula is C19H19N3O2. The molecule has 0 bridgehead atoms. The molecule has 0 radical (unpaired) electrons. The maximum atomic E-state index is 12.8. The summed E-state index contributed by atoms with van der Waals surface area (Å²) in [7, 11) is 0. The number of aromatic nitrogens is 2. The number of hydrogen-bond donors (Lipinski definition) is 1. The number of Topliss-reactive ketones (excluding diaryl/α,β-unsaturated/α-hetero) is 1. The molecule has 0 aliphatic rings. The van der Waals surface area contributed by atoms with E-state index in [-0.39, 0.29) is 11.7 Å². The topological polar surface area (TPSA) is 63.5 Å². The molecule has 1 N–H and O–H groups in total. The first kappa shape index (κ1) is 15.9. The van der Waals surface area contributed by atoms with E-state index in [0.717, 1.165) is 16.9 Å². The maximum Gasteiger partial charge on any atom is 0.274 e. The number of ketones is 1. The summed E-state index contributed by atoms with van der Waals surface area (Å²) < 4.78 is 1.80. The molecule has 3 aromatic rings. The third-order valence-corrected chi connectivity index (χ3v) is 3.93. The van der Waals surface area contributed by atoms with Gasteiger partial charge in [0.25, 0.3) is 5.91 Å². The van der Waals surface area contributed by atoms with Crippen molar-refractivity contribution >= 4 is 23.0 Å². The van der Waals surface area contributed by atoms with Crippen LogP contribution in [0.25, 0.3) is 5.65 Å². The van der Waals surface area contributed by atoms with Crippen molar-refractivity contribution in [1.29, 1.82) is 0 Å². The summed E-state index contributed by atoms with van der Waals surface area (Å²) in [5, 5.41) is 2.87. The lowest BCUT2D eigenvalue weighted by Gasteiger charge is -2.08. The Kier molecular flexibility index (Phi) is 4.16. The number of carbonyl (C=O) groups excluding carboxylic acids is 2. The molecular weight excluding hydrogens is 302 g/mol. The van der Waals surface area contributed by atoms with Crippen LogP contribution in [0.3, 0.4) is 0 Å². The van der Waals surface area contributed by atoms with Gasteiger partial charge < -0.3 is 5.32 Å². The fraction of sp³-hybridized carbons (Fsp3) is 0.211. The number of carbonyl (C=O) groups is 2. The van der Waals surface area contributed by atoms with Crippen molar-refractivity contribution in [3.63, 3.8) is 0 Å². The summed E-state index contributed by atoms with van der Waals surface area (Å²) in [6.07, 6.45) is 2.52. The van der Waals surface area contributed by atoms with Crippen LogP contribution < -0.4 is 5.32 Å². The fourth-order valence-electron chi connectivity index (χ4n) is 2.69. The zero-order chi connectivity index (χ0) is 17.3. The van der Waals surface area contributed by atoms with Gasteiger partial charge in [0.05, 0.1) is 5.69 Å². The number of fused-ring (bicyclic) bond motifs is 1. The second-order valence-electron chi connectivity index (χ2n) is 5.78. The molecule has 1 amide bonds. The third-order valence-electron chi connectivity index (χ3n) is 3.93. The largest absolute Gasteiger partial charge is 0.321 e. The van der Waals surface area contributed by atoms with Gasteiger partial charge in [-0.25, -0.2) is 4.98 Å². The highest BCUT2D eigenvalue weighted by atomic mass is 16.2. The van der Waals surface area contributed by atoms with Gasteiger partial charge in [-0.05, 0) is 50.1 Å². The number of pyridine rings is 1.